The summed E-state index contributed by atoms with van der Waals surface area (Å²) in [5.41, 5.74) is 3.94. The van der Waals surface area contributed by atoms with Crippen LogP contribution in [-0.2, 0) is 6.42 Å². The number of allylic oxidation sites excluding steroid dienone is 5. The molecule has 0 heteroatoms. The molecule has 2 rings (SSSR count). The highest BCUT2D eigenvalue weighted by Gasteiger charge is 1.93. The Labute approximate surface area is 129 Å². The average Bonchev–Trinajstić information content (AvgIpc) is 2.50. The molecule has 0 aliphatic rings. The molecular weight excluding hydrogens is 252 g/mol. The molecule has 0 saturated carbocycles. The van der Waals surface area contributed by atoms with Crippen LogP contribution in [0.2, 0.25) is 0 Å². The van der Waals surface area contributed by atoms with Crippen LogP contribution in [0.5, 0.6) is 0 Å². The highest BCUT2D eigenvalue weighted by atomic mass is 14.0. The molecular formula is C21H24. The highest BCUT2D eigenvalue weighted by Crippen LogP contribution is 2.09. The number of hydrogen-bond acceptors (Lipinski definition) is 0. The minimum absolute atomic E-state index is 0.969. The van der Waals surface area contributed by atoms with Crippen LogP contribution in [0.25, 0.3) is 0 Å². The van der Waals surface area contributed by atoms with E-state index >= 15 is 0 Å². The van der Waals surface area contributed by atoms with Gasteiger partial charge in [-0.05, 0) is 31.4 Å². The SMILES string of the molecule is C=C/C=C(\C=C/C)Cc1ccccc1.Cc1ccccc1. The van der Waals surface area contributed by atoms with Crippen molar-refractivity contribution in [1.82, 2.24) is 0 Å². The van der Waals surface area contributed by atoms with Crippen molar-refractivity contribution in [1.29, 1.82) is 0 Å². The predicted molar refractivity (Wildman–Crippen MR) is 94.4 cm³/mol. The van der Waals surface area contributed by atoms with Crippen molar-refractivity contribution in [3.63, 3.8) is 0 Å². The molecule has 108 valence electrons. The fourth-order valence-corrected chi connectivity index (χ4v) is 1.90. The van der Waals surface area contributed by atoms with Gasteiger partial charge in [-0.25, -0.2) is 0 Å². The van der Waals surface area contributed by atoms with Gasteiger partial charge < -0.3 is 0 Å². The van der Waals surface area contributed by atoms with Gasteiger partial charge in [0.05, 0.1) is 0 Å². The quantitative estimate of drug-likeness (QED) is 0.609. The van der Waals surface area contributed by atoms with Gasteiger partial charge in [-0.1, -0.05) is 97.1 Å². The molecule has 0 bridgehead atoms. The Kier molecular flexibility index (Phi) is 8.32. The zero-order chi connectivity index (χ0) is 15.3. The molecule has 21 heavy (non-hydrogen) atoms. The van der Waals surface area contributed by atoms with E-state index in [1.807, 2.05) is 43.3 Å². The Morgan fingerprint density at radius 2 is 1.52 bits per heavy atom. The Balaban J connectivity index is 0.000000262. The van der Waals surface area contributed by atoms with Crippen molar-refractivity contribution in [3.8, 4) is 0 Å². The van der Waals surface area contributed by atoms with E-state index < -0.39 is 0 Å². The third-order valence-electron chi connectivity index (χ3n) is 2.90. The summed E-state index contributed by atoms with van der Waals surface area (Å²) >= 11 is 0. The lowest BCUT2D eigenvalue weighted by Gasteiger charge is -2.01. The molecule has 0 radical (unpaired) electrons. The molecule has 0 nitrogen and oxygen atoms in total. The minimum Gasteiger partial charge on any atom is -0.0991 e. The van der Waals surface area contributed by atoms with Gasteiger partial charge in [0.2, 0.25) is 0 Å². The zero-order valence-electron chi connectivity index (χ0n) is 13.0. The Bertz CT molecular complexity index is 560. The van der Waals surface area contributed by atoms with Gasteiger partial charge >= 0.3 is 0 Å². The highest BCUT2D eigenvalue weighted by molar-refractivity contribution is 5.30. The molecule has 0 aliphatic heterocycles. The molecule has 0 heterocycles. The fraction of sp³-hybridized carbons (Fsp3) is 0.143. The Morgan fingerprint density at radius 1 is 0.952 bits per heavy atom. The summed E-state index contributed by atoms with van der Waals surface area (Å²) in [5, 5.41) is 0. The second-order valence-electron chi connectivity index (χ2n) is 4.79. The van der Waals surface area contributed by atoms with E-state index in [1.54, 1.807) is 0 Å². The lowest BCUT2D eigenvalue weighted by molar-refractivity contribution is 1.19. The molecule has 0 atom stereocenters. The second-order valence-corrected chi connectivity index (χ2v) is 4.79. The summed E-state index contributed by atoms with van der Waals surface area (Å²) in [6, 6.07) is 20.7. The number of aryl methyl sites for hydroxylation is 1. The molecule has 0 unspecified atom stereocenters. The van der Waals surface area contributed by atoms with Crippen molar-refractivity contribution >= 4 is 0 Å². The lowest BCUT2D eigenvalue weighted by atomic mass is 10.0. The largest absolute Gasteiger partial charge is 0.0991 e. The van der Waals surface area contributed by atoms with E-state index in [2.05, 4.69) is 62.1 Å². The van der Waals surface area contributed by atoms with E-state index in [1.165, 1.54) is 16.7 Å². The topological polar surface area (TPSA) is 0 Å². The van der Waals surface area contributed by atoms with Gasteiger partial charge in [-0.2, -0.15) is 0 Å². The monoisotopic (exact) mass is 276 g/mol. The van der Waals surface area contributed by atoms with Gasteiger partial charge in [0.25, 0.3) is 0 Å². The van der Waals surface area contributed by atoms with Crippen molar-refractivity contribution in [3.05, 3.63) is 108 Å². The molecule has 0 amide bonds. The van der Waals surface area contributed by atoms with E-state index in [-0.39, 0.29) is 0 Å². The number of rotatable bonds is 4. The molecule has 0 N–H and O–H groups in total. The van der Waals surface area contributed by atoms with Crippen molar-refractivity contribution in [2.45, 2.75) is 20.3 Å². The van der Waals surface area contributed by atoms with Crippen molar-refractivity contribution in [2.24, 2.45) is 0 Å². The summed E-state index contributed by atoms with van der Waals surface area (Å²) in [7, 11) is 0. The molecule has 0 saturated heterocycles. The molecule has 0 spiro atoms. The first-order chi connectivity index (χ1) is 10.3. The first kappa shape index (κ1) is 16.7. The summed E-state index contributed by atoms with van der Waals surface area (Å²) in [5.74, 6) is 0. The third kappa shape index (κ3) is 7.74. The van der Waals surface area contributed by atoms with Crippen LogP contribution in [-0.4, -0.2) is 0 Å². The van der Waals surface area contributed by atoms with Crippen molar-refractivity contribution < 1.29 is 0 Å². The van der Waals surface area contributed by atoms with Gasteiger partial charge in [0, 0.05) is 0 Å². The molecule has 2 aromatic rings. The van der Waals surface area contributed by atoms with E-state index in [0.29, 0.717) is 0 Å². The summed E-state index contributed by atoms with van der Waals surface area (Å²) in [4.78, 5) is 0. The average molecular weight is 276 g/mol. The molecule has 0 aliphatic carbocycles. The van der Waals surface area contributed by atoms with Crippen LogP contribution in [0, 0.1) is 6.92 Å². The zero-order valence-corrected chi connectivity index (χ0v) is 13.0. The first-order valence-electron chi connectivity index (χ1n) is 7.26. The minimum atomic E-state index is 0.969. The Morgan fingerprint density at radius 3 is 1.95 bits per heavy atom. The maximum Gasteiger partial charge on any atom is -0.00259 e. The van der Waals surface area contributed by atoms with Crippen LogP contribution in [0.4, 0.5) is 0 Å². The molecule has 2 aromatic carbocycles. The van der Waals surface area contributed by atoms with Gasteiger partial charge in [-0.15, -0.1) is 0 Å². The van der Waals surface area contributed by atoms with E-state index in [0.717, 1.165) is 6.42 Å². The lowest BCUT2D eigenvalue weighted by Crippen LogP contribution is -1.86. The fourth-order valence-electron chi connectivity index (χ4n) is 1.90. The Hall–Kier alpha value is -2.34. The number of hydrogen-bond donors (Lipinski definition) is 0. The van der Waals surface area contributed by atoms with E-state index in [4.69, 9.17) is 0 Å². The molecule has 0 fully saturated rings. The summed E-state index contributed by atoms with van der Waals surface area (Å²) < 4.78 is 0. The number of benzene rings is 2. The molecule has 0 aromatic heterocycles. The van der Waals surface area contributed by atoms with Crippen LogP contribution in [0.15, 0.2) is 97.1 Å². The first-order valence-corrected chi connectivity index (χ1v) is 7.26. The van der Waals surface area contributed by atoms with Crippen LogP contribution < -0.4 is 0 Å². The van der Waals surface area contributed by atoms with Crippen LogP contribution >= 0.6 is 0 Å². The third-order valence-corrected chi connectivity index (χ3v) is 2.90. The standard InChI is InChI=1S/C14H16.C7H8/c1-3-8-13(9-4-2)12-14-10-6-5-7-11-14;1-7-5-3-2-4-6-7/h3-11H,1,12H2,2H3;2-6H,1H3/b9-4-,13-8+;. The maximum absolute atomic E-state index is 3.71. The van der Waals surface area contributed by atoms with Crippen molar-refractivity contribution in [2.75, 3.05) is 0 Å². The smallest absolute Gasteiger partial charge is 0.00259 e. The van der Waals surface area contributed by atoms with Gasteiger partial charge in [0.15, 0.2) is 0 Å². The summed E-state index contributed by atoms with van der Waals surface area (Å²) in [6.07, 6.45) is 9.02. The van der Waals surface area contributed by atoms with Gasteiger partial charge in [0.1, 0.15) is 0 Å². The maximum atomic E-state index is 3.71. The predicted octanol–water partition coefficient (Wildman–Crippen LogP) is 5.91. The van der Waals surface area contributed by atoms with E-state index in [9.17, 15) is 0 Å². The van der Waals surface area contributed by atoms with Crippen LogP contribution in [0.3, 0.4) is 0 Å². The summed E-state index contributed by atoms with van der Waals surface area (Å²) in [6.45, 7) is 7.83. The normalized spacial score (nSPS) is 10.9. The second kappa shape index (κ2) is 10.4. The van der Waals surface area contributed by atoms with Crippen LogP contribution in [0.1, 0.15) is 18.1 Å². The van der Waals surface area contributed by atoms with Gasteiger partial charge in [-0.3, -0.25) is 0 Å².